The number of nitrogens with zero attached hydrogens (tertiary/aromatic N) is 6. The van der Waals surface area contributed by atoms with E-state index in [0.29, 0.717) is 22.6 Å². The van der Waals surface area contributed by atoms with E-state index in [1.165, 1.54) is 23.9 Å². The lowest BCUT2D eigenvalue weighted by Gasteiger charge is -2.26. The summed E-state index contributed by atoms with van der Waals surface area (Å²) in [4.78, 5) is 10.1. The van der Waals surface area contributed by atoms with Crippen LogP contribution in [0.25, 0.3) is 5.65 Å². The first-order valence-electron chi connectivity index (χ1n) is 7.95. The molecule has 0 spiro atoms. The molecule has 0 N–H and O–H groups in total. The molecule has 1 fully saturated rings. The minimum atomic E-state index is -1.11. The molecule has 9 heteroatoms. The third kappa shape index (κ3) is 2.60. The number of pyridine rings is 1. The Hall–Kier alpha value is -3.28. The van der Waals surface area contributed by atoms with Gasteiger partial charge in [0.15, 0.2) is 5.65 Å². The molecule has 2 atom stereocenters. The van der Waals surface area contributed by atoms with Crippen molar-refractivity contribution < 1.29 is 13.5 Å². The van der Waals surface area contributed by atoms with Crippen molar-refractivity contribution in [3.8, 4) is 11.9 Å². The summed E-state index contributed by atoms with van der Waals surface area (Å²) in [6.07, 6.45) is 3.20. The van der Waals surface area contributed by atoms with Gasteiger partial charge in [-0.25, -0.2) is 23.3 Å². The summed E-state index contributed by atoms with van der Waals surface area (Å²) < 4.78 is 34.7. The standard InChI is InChI=1S/C17H14F2N6O/c1-26-17-13(4-11(18)8-21-17)14-5-12(19)9-24(14)15-2-3-25-16(23-15)10(6-20)7-22-25/h2-4,7-8,12,14H,5,9H2,1H3/t12-,14+/m0/s1. The summed E-state index contributed by atoms with van der Waals surface area (Å²) in [5.74, 6) is 0.207. The van der Waals surface area contributed by atoms with Crippen molar-refractivity contribution in [3.05, 3.63) is 47.7 Å². The Labute approximate surface area is 147 Å². The normalized spacial score (nSPS) is 19.7. The minimum Gasteiger partial charge on any atom is -0.481 e. The van der Waals surface area contributed by atoms with Gasteiger partial charge in [0.1, 0.15) is 29.4 Å². The van der Waals surface area contributed by atoms with Crippen LogP contribution >= 0.6 is 0 Å². The first kappa shape index (κ1) is 16.2. The maximum absolute atomic E-state index is 14.2. The summed E-state index contributed by atoms with van der Waals surface area (Å²) in [5.41, 5.74) is 1.17. The molecule has 0 radical (unpaired) electrons. The maximum Gasteiger partial charge on any atom is 0.218 e. The van der Waals surface area contributed by atoms with Crippen molar-refractivity contribution in [1.29, 1.82) is 5.26 Å². The van der Waals surface area contributed by atoms with E-state index in [1.54, 1.807) is 17.2 Å². The molecule has 1 saturated heterocycles. The average Bonchev–Trinajstić information content (AvgIpc) is 3.24. The van der Waals surface area contributed by atoms with Crippen LogP contribution in [0.15, 0.2) is 30.7 Å². The van der Waals surface area contributed by atoms with Crippen molar-refractivity contribution in [2.45, 2.75) is 18.6 Å². The molecule has 1 aliphatic rings. The molecule has 0 amide bonds. The average molecular weight is 356 g/mol. The van der Waals surface area contributed by atoms with Gasteiger partial charge in [0, 0.05) is 18.2 Å². The monoisotopic (exact) mass is 356 g/mol. The molecule has 0 unspecified atom stereocenters. The van der Waals surface area contributed by atoms with Crippen LogP contribution in [0.4, 0.5) is 14.6 Å². The number of ether oxygens (including phenoxy) is 1. The molecule has 132 valence electrons. The van der Waals surface area contributed by atoms with Gasteiger partial charge in [-0.2, -0.15) is 10.4 Å². The number of alkyl halides is 1. The van der Waals surface area contributed by atoms with E-state index in [4.69, 9.17) is 10.00 Å². The molecular weight excluding hydrogens is 342 g/mol. The quantitative estimate of drug-likeness (QED) is 0.717. The molecule has 3 aromatic rings. The number of halogens is 2. The molecule has 1 aliphatic heterocycles. The first-order chi connectivity index (χ1) is 12.6. The molecule has 0 aromatic carbocycles. The number of rotatable bonds is 3. The highest BCUT2D eigenvalue weighted by Crippen LogP contribution is 2.40. The predicted molar refractivity (Wildman–Crippen MR) is 88.0 cm³/mol. The molecule has 4 heterocycles. The number of methoxy groups -OCH3 is 1. The molecule has 3 aromatic heterocycles. The van der Waals surface area contributed by atoms with Gasteiger partial charge < -0.3 is 9.64 Å². The lowest BCUT2D eigenvalue weighted by Crippen LogP contribution is -2.25. The van der Waals surface area contributed by atoms with Gasteiger partial charge in [-0.3, -0.25) is 0 Å². The predicted octanol–water partition coefficient (Wildman–Crippen LogP) is 2.43. The molecule has 0 aliphatic carbocycles. The molecular formula is C17H14F2N6O. The number of anilines is 1. The number of hydrogen-bond acceptors (Lipinski definition) is 6. The zero-order valence-corrected chi connectivity index (χ0v) is 13.8. The van der Waals surface area contributed by atoms with Crippen LogP contribution in [0.5, 0.6) is 5.88 Å². The number of fused-ring (bicyclic) bond motifs is 1. The summed E-state index contributed by atoms with van der Waals surface area (Å²) in [7, 11) is 1.44. The van der Waals surface area contributed by atoms with Crippen molar-refractivity contribution >= 4 is 11.5 Å². The van der Waals surface area contributed by atoms with Gasteiger partial charge in [-0.15, -0.1) is 0 Å². The van der Waals surface area contributed by atoms with E-state index in [2.05, 4.69) is 15.1 Å². The van der Waals surface area contributed by atoms with Crippen molar-refractivity contribution in [2.24, 2.45) is 0 Å². The lowest BCUT2D eigenvalue weighted by atomic mass is 10.1. The van der Waals surface area contributed by atoms with E-state index in [0.717, 1.165) is 6.20 Å². The van der Waals surface area contributed by atoms with Crippen LogP contribution in [0.3, 0.4) is 0 Å². The fraction of sp³-hybridized carbons (Fsp3) is 0.294. The fourth-order valence-corrected chi connectivity index (χ4v) is 3.28. The molecule has 7 nitrogen and oxygen atoms in total. The Morgan fingerprint density at radius 3 is 3.00 bits per heavy atom. The Morgan fingerprint density at radius 1 is 1.38 bits per heavy atom. The summed E-state index contributed by atoms with van der Waals surface area (Å²) >= 11 is 0. The number of hydrogen-bond donors (Lipinski definition) is 0. The molecule has 4 rings (SSSR count). The highest BCUT2D eigenvalue weighted by molar-refractivity contribution is 5.58. The lowest BCUT2D eigenvalue weighted by molar-refractivity contribution is 0.352. The van der Waals surface area contributed by atoms with E-state index >= 15 is 0 Å². The fourth-order valence-electron chi connectivity index (χ4n) is 3.28. The summed E-state index contributed by atoms with van der Waals surface area (Å²) in [5, 5.41) is 13.2. The Balaban J connectivity index is 1.80. The number of nitriles is 1. The summed E-state index contributed by atoms with van der Waals surface area (Å²) in [6, 6.07) is 4.54. The molecule has 0 saturated carbocycles. The van der Waals surface area contributed by atoms with Crippen LogP contribution in [0, 0.1) is 17.1 Å². The van der Waals surface area contributed by atoms with Crippen molar-refractivity contribution in [1.82, 2.24) is 19.6 Å². The van der Waals surface area contributed by atoms with Crippen LogP contribution in [-0.2, 0) is 0 Å². The van der Waals surface area contributed by atoms with E-state index in [-0.39, 0.29) is 18.8 Å². The van der Waals surface area contributed by atoms with Gasteiger partial charge in [-0.1, -0.05) is 0 Å². The smallest absolute Gasteiger partial charge is 0.218 e. The van der Waals surface area contributed by atoms with Crippen LogP contribution in [0.1, 0.15) is 23.6 Å². The highest BCUT2D eigenvalue weighted by Gasteiger charge is 2.36. The summed E-state index contributed by atoms with van der Waals surface area (Å²) in [6.45, 7) is 0.101. The van der Waals surface area contributed by atoms with E-state index in [1.807, 2.05) is 6.07 Å². The zero-order valence-electron chi connectivity index (χ0n) is 13.8. The molecule has 0 bridgehead atoms. The second-order valence-corrected chi connectivity index (χ2v) is 5.98. The maximum atomic E-state index is 14.2. The second kappa shape index (κ2) is 6.22. The zero-order chi connectivity index (χ0) is 18.3. The Kier molecular flexibility index (Phi) is 3.88. The van der Waals surface area contributed by atoms with Gasteiger partial charge in [0.2, 0.25) is 5.88 Å². The van der Waals surface area contributed by atoms with Crippen molar-refractivity contribution in [3.63, 3.8) is 0 Å². The minimum absolute atomic E-state index is 0.101. The third-order valence-electron chi connectivity index (χ3n) is 4.42. The SMILES string of the molecule is COc1ncc(F)cc1[C@H]1C[C@H](F)CN1c1ccn2ncc(C#N)c2n1. The van der Waals surface area contributed by atoms with Gasteiger partial charge in [0.05, 0.1) is 32.1 Å². The Bertz CT molecular complexity index is 1010. The van der Waals surface area contributed by atoms with E-state index < -0.39 is 18.0 Å². The largest absolute Gasteiger partial charge is 0.481 e. The molecule has 26 heavy (non-hydrogen) atoms. The highest BCUT2D eigenvalue weighted by atomic mass is 19.1. The van der Waals surface area contributed by atoms with Gasteiger partial charge >= 0.3 is 0 Å². The first-order valence-corrected chi connectivity index (χ1v) is 7.95. The topological polar surface area (TPSA) is 79.3 Å². The Morgan fingerprint density at radius 2 is 2.23 bits per heavy atom. The van der Waals surface area contributed by atoms with Crippen LogP contribution in [0.2, 0.25) is 0 Å². The van der Waals surface area contributed by atoms with Crippen LogP contribution < -0.4 is 9.64 Å². The third-order valence-corrected chi connectivity index (χ3v) is 4.42. The van der Waals surface area contributed by atoms with Gasteiger partial charge in [-0.05, 0) is 12.1 Å². The van der Waals surface area contributed by atoms with Crippen LogP contribution in [-0.4, -0.2) is 39.4 Å². The van der Waals surface area contributed by atoms with Gasteiger partial charge in [0.25, 0.3) is 0 Å². The second-order valence-electron chi connectivity index (χ2n) is 5.98. The van der Waals surface area contributed by atoms with Crippen molar-refractivity contribution in [2.75, 3.05) is 18.6 Å². The number of aromatic nitrogens is 4. The van der Waals surface area contributed by atoms with E-state index in [9.17, 15) is 8.78 Å².